The smallest absolute Gasteiger partial charge is 0.382 e. The van der Waals surface area contributed by atoms with Crippen LogP contribution in [0.2, 0.25) is 0 Å². The fraction of sp³-hybridized carbons (Fsp3) is 0.381. The molecule has 13 heteroatoms. The monoisotopic (exact) mass is 513 g/mol. The van der Waals surface area contributed by atoms with Crippen molar-refractivity contribution in [1.82, 2.24) is 5.09 Å². The van der Waals surface area contributed by atoms with Crippen molar-refractivity contribution < 1.29 is 50.0 Å². The molecule has 0 bridgehead atoms. The molecule has 0 amide bonds. The summed E-state index contributed by atoms with van der Waals surface area (Å²) in [7, 11) is 0.175. The summed E-state index contributed by atoms with van der Waals surface area (Å²) in [5, 5.41) is 2.41. The van der Waals surface area contributed by atoms with Gasteiger partial charge in [-0.3, -0.25) is 4.79 Å². The lowest BCUT2D eigenvalue weighted by molar-refractivity contribution is -0.153. The molecular formula is C21H25F5NO6P. The van der Waals surface area contributed by atoms with E-state index in [4.69, 9.17) is 23.3 Å². The van der Waals surface area contributed by atoms with Crippen LogP contribution in [-0.2, 0) is 19.0 Å². The molecule has 34 heavy (non-hydrogen) atoms. The highest BCUT2D eigenvalue weighted by molar-refractivity contribution is 7.45. The van der Waals surface area contributed by atoms with E-state index in [0.29, 0.717) is 0 Å². The van der Waals surface area contributed by atoms with Crippen molar-refractivity contribution in [3.63, 3.8) is 0 Å². The molecule has 2 aromatic carbocycles. The maximum absolute atomic E-state index is 14.0. The summed E-state index contributed by atoms with van der Waals surface area (Å²) in [6, 6.07) is 7.68. The van der Waals surface area contributed by atoms with Gasteiger partial charge >= 0.3 is 14.5 Å². The van der Waals surface area contributed by atoms with E-state index in [1.807, 2.05) is 13.8 Å². The van der Waals surface area contributed by atoms with Gasteiger partial charge in [0.1, 0.15) is 18.4 Å². The zero-order chi connectivity index (χ0) is 25.7. The van der Waals surface area contributed by atoms with E-state index >= 15 is 0 Å². The van der Waals surface area contributed by atoms with Gasteiger partial charge in [-0.25, -0.2) is 18.3 Å². The van der Waals surface area contributed by atoms with Gasteiger partial charge in [0.05, 0.1) is 13.2 Å². The molecule has 1 atom stereocenters. The molecule has 1 unspecified atom stereocenters. The first-order valence-electron chi connectivity index (χ1n) is 9.91. The van der Waals surface area contributed by atoms with Crippen molar-refractivity contribution in [2.45, 2.75) is 20.0 Å². The SMILES string of the molecule is CC.COCC(COC)OC(=O)CNP(Oc1ccccc1)Oc1c(F)c(F)c(F)c(F)c1F. The Labute approximate surface area is 195 Å². The summed E-state index contributed by atoms with van der Waals surface area (Å²) >= 11 is 0. The van der Waals surface area contributed by atoms with Gasteiger partial charge in [-0.05, 0) is 12.1 Å². The van der Waals surface area contributed by atoms with E-state index in [0.717, 1.165) is 0 Å². The molecule has 0 heterocycles. The van der Waals surface area contributed by atoms with Crippen LogP contribution in [0.3, 0.4) is 0 Å². The fourth-order valence-electron chi connectivity index (χ4n) is 2.25. The largest absolute Gasteiger partial charge is 0.456 e. The van der Waals surface area contributed by atoms with Crippen LogP contribution in [0.1, 0.15) is 13.8 Å². The summed E-state index contributed by atoms with van der Waals surface area (Å²) in [5.74, 6) is -13.3. The summed E-state index contributed by atoms with van der Waals surface area (Å²) < 4.78 is 93.5. The van der Waals surface area contributed by atoms with Crippen molar-refractivity contribution in [2.24, 2.45) is 0 Å². The number of benzene rings is 2. The van der Waals surface area contributed by atoms with Crippen LogP contribution >= 0.6 is 8.53 Å². The lowest BCUT2D eigenvalue weighted by Gasteiger charge is -2.21. The van der Waals surface area contributed by atoms with Gasteiger partial charge in [-0.2, -0.15) is 8.78 Å². The highest BCUT2D eigenvalue weighted by Gasteiger charge is 2.30. The van der Waals surface area contributed by atoms with Crippen molar-refractivity contribution in [3.05, 3.63) is 59.4 Å². The zero-order valence-corrected chi connectivity index (χ0v) is 19.8. The summed E-state index contributed by atoms with van der Waals surface area (Å²) in [4.78, 5) is 12.1. The van der Waals surface area contributed by atoms with Gasteiger partial charge in [0, 0.05) is 14.2 Å². The molecule has 0 aliphatic heterocycles. The van der Waals surface area contributed by atoms with Crippen molar-refractivity contribution in [1.29, 1.82) is 0 Å². The van der Waals surface area contributed by atoms with Crippen LogP contribution in [0.4, 0.5) is 22.0 Å². The number of ether oxygens (including phenoxy) is 3. The molecule has 1 N–H and O–H groups in total. The fourth-order valence-corrected chi connectivity index (χ4v) is 3.32. The molecule has 0 spiro atoms. The number of para-hydroxylation sites is 1. The summed E-state index contributed by atoms with van der Waals surface area (Å²) in [6.07, 6.45) is -0.739. The number of carbonyl (C=O) groups excluding carboxylic acids is 1. The third-order valence-electron chi connectivity index (χ3n) is 3.63. The second-order valence-corrected chi connectivity index (χ2v) is 7.20. The molecule has 0 aromatic heterocycles. The molecular weight excluding hydrogens is 488 g/mol. The zero-order valence-electron chi connectivity index (χ0n) is 18.9. The molecule has 0 aliphatic carbocycles. The quantitative estimate of drug-likeness (QED) is 0.143. The second kappa shape index (κ2) is 15.4. The normalized spacial score (nSPS) is 11.5. The highest BCUT2D eigenvalue weighted by Crippen LogP contribution is 2.40. The van der Waals surface area contributed by atoms with Crippen LogP contribution in [-0.4, -0.2) is 46.1 Å². The number of rotatable bonds is 12. The van der Waals surface area contributed by atoms with Crippen LogP contribution in [0, 0.1) is 29.1 Å². The molecule has 0 aliphatic rings. The van der Waals surface area contributed by atoms with Crippen molar-refractivity contribution >= 4 is 14.5 Å². The highest BCUT2D eigenvalue weighted by atomic mass is 31.2. The minimum atomic E-state index is -2.60. The minimum absolute atomic E-state index is 0.0376. The number of hydrogen-bond donors (Lipinski definition) is 1. The standard InChI is InChI=1S/C19H19F5NO6P.C2H6/c1-27-9-12(10-28-2)29-13(26)8-25-32(30-11-6-4-3-5-7-11)31-19-17(23)15(21)14(20)16(22)18(19)24;1-2/h3-7,12,25H,8-10H2,1-2H3;1-2H3. The van der Waals surface area contributed by atoms with E-state index in [-0.39, 0.29) is 19.0 Å². The van der Waals surface area contributed by atoms with Crippen LogP contribution in [0.15, 0.2) is 30.3 Å². The van der Waals surface area contributed by atoms with E-state index in [2.05, 4.69) is 5.09 Å². The average Bonchev–Trinajstić information content (AvgIpc) is 2.84. The topological polar surface area (TPSA) is 75.3 Å². The number of nitrogens with one attached hydrogen (secondary N) is 1. The molecule has 0 saturated carbocycles. The van der Waals surface area contributed by atoms with Gasteiger partial charge < -0.3 is 23.3 Å². The van der Waals surface area contributed by atoms with Crippen LogP contribution in [0.25, 0.3) is 0 Å². The number of esters is 1. The molecule has 2 rings (SSSR count). The first kappa shape index (κ1) is 29.5. The molecule has 0 fully saturated rings. The second-order valence-electron chi connectivity index (χ2n) is 6.01. The van der Waals surface area contributed by atoms with Crippen molar-refractivity contribution in [3.8, 4) is 11.5 Å². The molecule has 7 nitrogen and oxygen atoms in total. The Morgan fingerprint density at radius 3 is 1.85 bits per heavy atom. The predicted octanol–water partition coefficient (Wildman–Crippen LogP) is 4.89. The summed E-state index contributed by atoms with van der Waals surface area (Å²) in [6.45, 7) is 3.49. The third kappa shape index (κ3) is 8.68. The molecule has 2 aromatic rings. The van der Waals surface area contributed by atoms with Gasteiger partial charge in [0.15, 0.2) is 0 Å². The Bertz CT molecular complexity index is 874. The Hall–Kier alpha value is -2.53. The number of halogens is 5. The minimum Gasteiger partial charge on any atom is -0.456 e. The Kier molecular flexibility index (Phi) is 13.4. The first-order valence-corrected chi connectivity index (χ1v) is 11.1. The maximum Gasteiger partial charge on any atom is 0.382 e. The van der Waals surface area contributed by atoms with Gasteiger partial charge in [-0.1, -0.05) is 32.0 Å². The Morgan fingerprint density at radius 1 is 0.853 bits per heavy atom. The molecule has 190 valence electrons. The Morgan fingerprint density at radius 2 is 1.35 bits per heavy atom. The average molecular weight is 513 g/mol. The van der Waals surface area contributed by atoms with E-state index in [1.54, 1.807) is 18.2 Å². The number of methoxy groups -OCH3 is 2. The molecule has 0 saturated heterocycles. The van der Waals surface area contributed by atoms with Crippen LogP contribution in [0.5, 0.6) is 11.5 Å². The van der Waals surface area contributed by atoms with Crippen LogP contribution < -0.4 is 14.1 Å². The lowest BCUT2D eigenvalue weighted by atomic mass is 10.3. The maximum atomic E-state index is 14.0. The van der Waals surface area contributed by atoms with Gasteiger partial charge in [-0.15, -0.1) is 0 Å². The molecule has 0 radical (unpaired) electrons. The predicted molar refractivity (Wildman–Crippen MR) is 114 cm³/mol. The van der Waals surface area contributed by atoms with E-state index < -0.39 is 62.0 Å². The Balaban J connectivity index is 0.00000281. The number of hydrogen-bond acceptors (Lipinski definition) is 7. The summed E-state index contributed by atoms with van der Waals surface area (Å²) in [5.41, 5.74) is 0. The van der Waals surface area contributed by atoms with Gasteiger partial charge in [0.2, 0.25) is 34.8 Å². The van der Waals surface area contributed by atoms with E-state index in [9.17, 15) is 26.7 Å². The number of carbonyl (C=O) groups is 1. The third-order valence-corrected chi connectivity index (χ3v) is 4.77. The lowest BCUT2D eigenvalue weighted by Crippen LogP contribution is -2.32. The van der Waals surface area contributed by atoms with Crippen molar-refractivity contribution in [2.75, 3.05) is 34.0 Å². The van der Waals surface area contributed by atoms with E-state index in [1.165, 1.54) is 26.4 Å². The van der Waals surface area contributed by atoms with Gasteiger partial charge in [0.25, 0.3) is 0 Å². The first-order chi connectivity index (χ1) is 16.3.